The molecule has 0 fully saturated rings. The van der Waals surface area contributed by atoms with Crippen LogP contribution < -0.4 is 15.9 Å². The highest BCUT2D eigenvalue weighted by molar-refractivity contribution is 7.99. The minimum Gasteiger partial charge on any atom is -0.486 e. The summed E-state index contributed by atoms with van der Waals surface area (Å²) in [7, 11) is 0. The summed E-state index contributed by atoms with van der Waals surface area (Å²) in [6.07, 6.45) is 1.69. The van der Waals surface area contributed by atoms with E-state index in [2.05, 4.69) is 41.3 Å². The SMILES string of the molecule is CC(C)(C)c1ccc(OCc2nnc(SCC(=O)NCc3ccccn3)n2N)cc1. The number of thioether (sulfide) groups is 1. The van der Waals surface area contributed by atoms with Crippen LogP contribution in [0, 0.1) is 0 Å². The molecule has 0 saturated heterocycles. The van der Waals surface area contributed by atoms with E-state index in [9.17, 15) is 4.79 Å². The molecule has 3 aromatic rings. The number of pyridine rings is 1. The van der Waals surface area contributed by atoms with Crippen molar-refractivity contribution in [3.8, 4) is 5.75 Å². The Labute approximate surface area is 180 Å². The molecule has 1 amide bonds. The Bertz CT molecular complexity index is 967. The van der Waals surface area contributed by atoms with Gasteiger partial charge in [0, 0.05) is 6.20 Å². The number of carbonyl (C=O) groups excluding carboxylic acids is 1. The van der Waals surface area contributed by atoms with Crippen molar-refractivity contribution in [2.75, 3.05) is 11.6 Å². The van der Waals surface area contributed by atoms with Gasteiger partial charge in [-0.2, -0.15) is 0 Å². The summed E-state index contributed by atoms with van der Waals surface area (Å²) >= 11 is 1.21. The van der Waals surface area contributed by atoms with E-state index in [1.807, 2.05) is 42.5 Å². The number of aromatic nitrogens is 4. The summed E-state index contributed by atoms with van der Waals surface area (Å²) in [6.45, 7) is 7.06. The molecule has 0 saturated carbocycles. The monoisotopic (exact) mass is 426 g/mol. The largest absolute Gasteiger partial charge is 0.486 e. The number of nitrogens with zero attached hydrogens (tertiary/aromatic N) is 4. The first-order valence-corrected chi connectivity index (χ1v) is 10.5. The van der Waals surface area contributed by atoms with Gasteiger partial charge in [-0.25, -0.2) is 4.68 Å². The Hall–Kier alpha value is -3.07. The minimum absolute atomic E-state index is 0.0893. The van der Waals surface area contributed by atoms with Crippen molar-refractivity contribution in [2.24, 2.45) is 0 Å². The van der Waals surface area contributed by atoms with Crippen molar-refractivity contribution in [1.82, 2.24) is 25.2 Å². The second kappa shape index (κ2) is 9.62. The maximum atomic E-state index is 12.0. The third-order valence-corrected chi connectivity index (χ3v) is 5.29. The normalized spacial score (nSPS) is 11.3. The van der Waals surface area contributed by atoms with Gasteiger partial charge in [0.15, 0.2) is 5.82 Å². The summed E-state index contributed by atoms with van der Waals surface area (Å²) in [5.41, 5.74) is 2.12. The quantitative estimate of drug-likeness (QED) is 0.421. The van der Waals surface area contributed by atoms with Crippen molar-refractivity contribution in [1.29, 1.82) is 0 Å². The van der Waals surface area contributed by atoms with Gasteiger partial charge < -0.3 is 15.9 Å². The molecule has 3 rings (SSSR count). The number of nitrogens with one attached hydrogen (secondary N) is 1. The van der Waals surface area contributed by atoms with E-state index in [4.69, 9.17) is 10.6 Å². The summed E-state index contributed by atoms with van der Waals surface area (Å²) in [4.78, 5) is 16.2. The molecule has 1 aromatic carbocycles. The van der Waals surface area contributed by atoms with Gasteiger partial charge in [-0.15, -0.1) is 10.2 Å². The fraction of sp³-hybridized carbons (Fsp3) is 0.333. The van der Waals surface area contributed by atoms with E-state index in [-0.39, 0.29) is 23.7 Å². The number of hydrogen-bond acceptors (Lipinski definition) is 7. The van der Waals surface area contributed by atoms with E-state index in [1.54, 1.807) is 6.20 Å². The Balaban J connectivity index is 1.47. The molecule has 2 aromatic heterocycles. The van der Waals surface area contributed by atoms with E-state index in [0.29, 0.717) is 17.5 Å². The molecule has 158 valence electrons. The fourth-order valence-corrected chi connectivity index (χ4v) is 3.28. The molecule has 0 aliphatic rings. The second-order valence-corrected chi connectivity index (χ2v) is 8.66. The molecule has 0 bridgehead atoms. The van der Waals surface area contributed by atoms with Crippen LogP contribution in [0.25, 0.3) is 0 Å². The maximum Gasteiger partial charge on any atom is 0.230 e. The van der Waals surface area contributed by atoms with Gasteiger partial charge in [0.1, 0.15) is 12.4 Å². The Morgan fingerprint density at radius 3 is 2.60 bits per heavy atom. The standard InChI is InChI=1S/C21H26N6O2S/c1-21(2,3)15-7-9-17(10-8-15)29-13-18-25-26-20(27(18)22)30-14-19(28)24-12-16-6-4-5-11-23-16/h4-11H,12-14,22H2,1-3H3,(H,24,28). The van der Waals surface area contributed by atoms with Crippen molar-refractivity contribution < 1.29 is 9.53 Å². The van der Waals surface area contributed by atoms with E-state index >= 15 is 0 Å². The molecule has 0 unspecified atom stereocenters. The van der Waals surface area contributed by atoms with Gasteiger partial charge in [-0.3, -0.25) is 9.78 Å². The molecular formula is C21H26N6O2S. The zero-order valence-corrected chi connectivity index (χ0v) is 18.1. The van der Waals surface area contributed by atoms with Crippen LogP contribution in [0.15, 0.2) is 53.8 Å². The highest BCUT2D eigenvalue weighted by Gasteiger charge is 2.15. The summed E-state index contributed by atoms with van der Waals surface area (Å²) < 4.78 is 7.12. The van der Waals surface area contributed by atoms with Crippen LogP contribution in [0.1, 0.15) is 37.9 Å². The number of nitrogen functional groups attached to an aromatic ring is 1. The highest BCUT2D eigenvalue weighted by atomic mass is 32.2. The number of hydrogen-bond donors (Lipinski definition) is 2. The molecule has 0 radical (unpaired) electrons. The first-order valence-electron chi connectivity index (χ1n) is 9.55. The Morgan fingerprint density at radius 1 is 1.17 bits per heavy atom. The number of benzene rings is 1. The summed E-state index contributed by atoms with van der Waals surface area (Å²) in [5, 5.41) is 11.4. The van der Waals surface area contributed by atoms with Crippen molar-refractivity contribution in [3.05, 3.63) is 65.7 Å². The highest BCUT2D eigenvalue weighted by Crippen LogP contribution is 2.24. The predicted molar refractivity (Wildman–Crippen MR) is 116 cm³/mol. The lowest BCUT2D eigenvalue weighted by Gasteiger charge is -2.19. The molecular weight excluding hydrogens is 400 g/mol. The lowest BCUT2D eigenvalue weighted by atomic mass is 9.87. The lowest BCUT2D eigenvalue weighted by molar-refractivity contribution is -0.118. The third kappa shape index (κ3) is 5.96. The molecule has 8 nitrogen and oxygen atoms in total. The van der Waals surface area contributed by atoms with Crippen LogP contribution in [0.4, 0.5) is 0 Å². The Morgan fingerprint density at radius 2 is 1.93 bits per heavy atom. The topological polar surface area (TPSA) is 108 Å². The second-order valence-electron chi connectivity index (χ2n) is 7.72. The van der Waals surface area contributed by atoms with E-state index in [1.165, 1.54) is 22.0 Å². The molecule has 3 N–H and O–H groups in total. The van der Waals surface area contributed by atoms with Gasteiger partial charge in [-0.05, 0) is 35.2 Å². The molecule has 0 aliphatic heterocycles. The Kier molecular flexibility index (Phi) is 6.94. The smallest absolute Gasteiger partial charge is 0.230 e. The van der Waals surface area contributed by atoms with Crippen LogP contribution in [0.5, 0.6) is 5.75 Å². The van der Waals surface area contributed by atoms with Crippen LogP contribution >= 0.6 is 11.8 Å². The van der Waals surface area contributed by atoms with Crippen LogP contribution in [0.3, 0.4) is 0 Å². The van der Waals surface area contributed by atoms with Crippen molar-refractivity contribution in [3.63, 3.8) is 0 Å². The molecule has 0 spiro atoms. The number of amides is 1. The molecule has 0 aliphatic carbocycles. The summed E-state index contributed by atoms with van der Waals surface area (Å²) in [6, 6.07) is 13.5. The number of rotatable bonds is 8. The zero-order chi connectivity index (χ0) is 21.6. The average molecular weight is 427 g/mol. The number of ether oxygens (including phenoxy) is 1. The van der Waals surface area contributed by atoms with Crippen molar-refractivity contribution in [2.45, 2.75) is 44.5 Å². The number of carbonyl (C=O) groups is 1. The van der Waals surface area contributed by atoms with Gasteiger partial charge in [0.25, 0.3) is 0 Å². The molecule has 0 atom stereocenters. The van der Waals surface area contributed by atoms with Crippen LogP contribution in [0.2, 0.25) is 0 Å². The molecule has 30 heavy (non-hydrogen) atoms. The maximum absolute atomic E-state index is 12.0. The first kappa shape index (κ1) is 21.6. The predicted octanol–water partition coefficient (Wildman–Crippen LogP) is 2.67. The van der Waals surface area contributed by atoms with Gasteiger partial charge >= 0.3 is 0 Å². The van der Waals surface area contributed by atoms with E-state index in [0.717, 1.165) is 11.4 Å². The first-order chi connectivity index (χ1) is 14.3. The van der Waals surface area contributed by atoms with Gasteiger partial charge in [0.2, 0.25) is 11.1 Å². The van der Waals surface area contributed by atoms with E-state index < -0.39 is 0 Å². The lowest BCUT2D eigenvalue weighted by Crippen LogP contribution is -2.25. The van der Waals surface area contributed by atoms with Crippen molar-refractivity contribution >= 4 is 17.7 Å². The van der Waals surface area contributed by atoms with Gasteiger partial charge in [-0.1, -0.05) is 50.7 Å². The van der Waals surface area contributed by atoms with Crippen LogP contribution in [-0.4, -0.2) is 31.5 Å². The third-order valence-electron chi connectivity index (χ3n) is 4.35. The molecule has 9 heteroatoms. The van der Waals surface area contributed by atoms with Crippen LogP contribution in [-0.2, 0) is 23.4 Å². The fourth-order valence-electron chi connectivity index (χ4n) is 2.58. The molecule has 2 heterocycles. The summed E-state index contributed by atoms with van der Waals surface area (Å²) in [5.74, 6) is 7.30. The zero-order valence-electron chi connectivity index (χ0n) is 17.3. The van der Waals surface area contributed by atoms with Gasteiger partial charge in [0.05, 0.1) is 18.0 Å². The number of nitrogens with two attached hydrogens (primary N) is 1. The minimum atomic E-state index is -0.134. The average Bonchev–Trinajstić information content (AvgIpc) is 3.09.